The molecular weight excluding hydrogens is 260 g/mol. The Morgan fingerprint density at radius 3 is 2.93 bits per heavy atom. The van der Waals surface area contributed by atoms with Gasteiger partial charge in [-0.1, -0.05) is 6.42 Å². The molecule has 0 aliphatic heterocycles. The van der Waals surface area contributed by atoms with E-state index in [0.717, 1.165) is 28.2 Å². The van der Waals surface area contributed by atoms with Crippen molar-refractivity contribution in [2.24, 2.45) is 11.8 Å². The lowest BCUT2D eigenvalue weighted by Gasteiger charge is -2.03. The van der Waals surface area contributed by atoms with E-state index in [-0.39, 0.29) is 0 Å². The van der Waals surface area contributed by atoms with E-state index < -0.39 is 0 Å². The van der Waals surface area contributed by atoms with Gasteiger partial charge in [-0.05, 0) is 40.6 Å². The zero-order chi connectivity index (χ0) is 9.54. The average Bonchev–Trinajstić information content (AvgIpc) is 2.59. The third-order valence-electron chi connectivity index (χ3n) is 3.42. The van der Waals surface area contributed by atoms with Crippen molar-refractivity contribution in [3.63, 3.8) is 0 Å². The van der Waals surface area contributed by atoms with Crippen molar-refractivity contribution in [3.05, 3.63) is 15.0 Å². The van der Waals surface area contributed by atoms with Crippen LogP contribution in [0, 0.1) is 11.8 Å². The number of nitrogens with zero attached hydrogens (tertiary/aromatic N) is 1. The minimum Gasteiger partial charge on any atom is -0.307 e. The first-order valence-corrected chi connectivity index (χ1v) is 6.79. The van der Waals surface area contributed by atoms with Crippen molar-refractivity contribution in [1.29, 1.82) is 0 Å². The predicted octanol–water partition coefficient (Wildman–Crippen LogP) is 2.79. The van der Waals surface area contributed by atoms with E-state index in [0.29, 0.717) is 0 Å². The lowest BCUT2D eigenvalue weighted by molar-refractivity contribution is 0.559. The molecule has 2 nitrogen and oxygen atoms in total. The highest BCUT2D eigenvalue weighted by Crippen LogP contribution is 2.51. The van der Waals surface area contributed by atoms with Crippen molar-refractivity contribution in [2.45, 2.75) is 31.8 Å². The van der Waals surface area contributed by atoms with E-state index in [1.807, 2.05) is 6.20 Å². The molecule has 4 heteroatoms. The van der Waals surface area contributed by atoms with Gasteiger partial charge in [0.25, 0.3) is 0 Å². The minimum atomic E-state index is 0.812. The molecule has 2 saturated carbocycles. The van der Waals surface area contributed by atoms with Crippen LogP contribution in [-0.2, 0) is 6.54 Å². The Kier molecular flexibility index (Phi) is 2.38. The molecule has 1 heterocycles. The van der Waals surface area contributed by atoms with Gasteiger partial charge in [0.15, 0.2) is 0 Å². The summed E-state index contributed by atoms with van der Waals surface area (Å²) in [7, 11) is 0. The van der Waals surface area contributed by atoms with E-state index >= 15 is 0 Å². The van der Waals surface area contributed by atoms with Crippen LogP contribution in [-0.4, -0.2) is 11.0 Å². The van der Waals surface area contributed by atoms with Crippen LogP contribution in [0.3, 0.4) is 0 Å². The molecule has 2 aliphatic rings. The Labute approximate surface area is 96.3 Å². The Hall–Kier alpha value is 0.0700. The number of hydrogen-bond acceptors (Lipinski definition) is 3. The molecule has 0 amide bonds. The molecule has 1 N–H and O–H groups in total. The van der Waals surface area contributed by atoms with Crippen LogP contribution < -0.4 is 5.32 Å². The molecule has 2 aliphatic carbocycles. The number of thiazole rings is 1. The molecule has 2 atom stereocenters. The van der Waals surface area contributed by atoms with Crippen molar-refractivity contribution >= 4 is 27.3 Å². The summed E-state index contributed by atoms with van der Waals surface area (Å²) in [6.07, 6.45) is 6.24. The largest absolute Gasteiger partial charge is 0.307 e. The Balaban J connectivity index is 1.51. The lowest BCUT2D eigenvalue weighted by atomic mass is 10.2. The van der Waals surface area contributed by atoms with Crippen LogP contribution >= 0.6 is 27.3 Å². The van der Waals surface area contributed by atoms with E-state index in [9.17, 15) is 0 Å². The number of aromatic nitrogens is 1. The Bertz CT molecular complexity index is 329. The van der Waals surface area contributed by atoms with Crippen molar-refractivity contribution in [3.8, 4) is 0 Å². The Morgan fingerprint density at radius 2 is 2.29 bits per heavy atom. The molecule has 0 radical (unpaired) electrons. The topological polar surface area (TPSA) is 24.9 Å². The van der Waals surface area contributed by atoms with Gasteiger partial charge in [0.1, 0.15) is 5.01 Å². The maximum absolute atomic E-state index is 4.32. The van der Waals surface area contributed by atoms with Gasteiger partial charge < -0.3 is 5.32 Å². The van der Waals surface area contributed by atoms with E-state index in [4.69, 9.17) is 0 Å². The van der Waals surface area contributed by atoms with Crippen molar-refractivity contribution in [2.75, 3.05) is 0 Å². The van der Waals surface area contributed by atoms with Gasteiger partial charge in [-0.15, -0.1) is 11.3 Å². The van der Waals surface area contributed by atoms with Crippen LogP contribution in [0.15, 0.2) is 9.98 Å². The normalized spacial score (nSPS) is 34.5. The standard InChI is InChI=1S/C10H13BrN2S/c11-8-4-12-9(14-8)5-13-10-6-2-1-3-7(6)10/h4,6-7,10,13H,1-3,5H2. The second kappa shape index (κ2) is 3.58. The number of hydrogen-bond donors (Lipinski definition) is 1. The second-order valence-electron chi connectivity index (χ2n) is 4.22. The first kappa shape index (κ1) is 9.31. The SMILES string of the molecule is Brc1cnc(CNC2C3CCCC32)s1. The number of rotatable bonds is 3. The van der Waals surface area contributed by atoms with Gasteiger partial charge in [-0.3, -0.25) is 0 Å². The molecule has 1 aromatic rings. The van der Waals surface area contributed by atoms with Gasteiger partial charge in [-0.2, -0.15) is 0 Å². The van der Waals surface area contributed by atoms with Crippen LogP contribution in [0.1, 0.15) is 24.3 Å². The third-order valence-corrected chi connectivity index (χ3v) is 4.90. The van der Waals surface area contributed by atoms with Gasteiger partial charge in [0.05, 0.1) is 9.98 Å². The first-order chi connectivity index (χ1) is 6.84. The zero-order valence-electron chi connectivity index (χ0n) is 7.87. The summed E-state index contributed by atoms with van der Waals surface area (Å²) in [4.78, 5) is 4.32. The summed E-state index contributed by atoms with van der Waals surface area (Å²) in [5.41, 5.74) is 0. The highest BCUT2D eigenvalue weighted by atomic mass is 79.9. The lowest BCUT2D eigenvalue weighted by Crippen LogP contribution is -2.19. The van der Waals surface area contributed by atoms with Crippen molar-refractivity contribution in [1.82, 2.24) is 10.3 Å². The molecule has 76 valence electrons. The molecule has 0 saturated heterocycles. The molecule has 2 unspecified atom stereocenters. The van der Waals surface area contributed by atoms with Gasteiger partial charge >= 0.3 is 0 Å². The van der Waals surface area contributed by atoms with E-state index in [1.54, 1.807) is 11.3 Å². The number of nitrogens with one attached hydrogen (secondary N) is 1. The summed E-state index contributed by atoms with van der Waals surface area (Å²) >= 11 is 5.16. The Morgan fingerprint density at radius 1 is 1.50 bits per heavy atom. The summed E-state index contributed by atoms with van der Waals surface area (Å²) in [5, 5.41) is 4.81. The third kappa shape index (κ3) is 1.64. The van der Waals surface area contributed by atoms with Crippen LogP contribution in [0.5, 0.6) is 0 Å². The number of halogens is 1. The zero-order valence-corrected chi connectivity index (χ0v) is 10.3. The molecule has 0 spiro atoms. The van der Waals surface area contributed by atoms with Gasteiger partial charge in [-0.25, -0.2) is 4.98 Å². The predicted molar refractivity (Wildman–Crippen MR) is 61.3 cm³/mol. The van der Waals surface area contributed by atoms with Gasteiger partial charge in [0, 0.05) is 12.6 Å². The molecule has 14 heavy (non-hydrogen) atoms. The minimum absolute atomic E-state index is 0.812. The van der Waals surface area contributed by atoms with Crippen LogP contribution in [0.4, 0.5) is 0 Å². The fraction of sp³-hybridized carbons (Fsp3) is 0.700. The van der Waals surface area contributed by atoms with E-state index in [1.165, 1.54) is 24.3 Å². The van der Waals surface area contributed by atoms with Crippen LogP contribution in [0.2, 0.25) is 0 Å². The molecule has 0 bridgehead atoms. The monoisotopic (exact) mass is 272 g/mol. The fourth-order valence-corrected chi connectivity index (χ4v) is 3.95. The summed E-state index contributed by atoms with van der Waals surface area (Å²) in [5.74, 6) is 2.00. The molecule has 1 aromatic heterocycles. The summed E-state index contributed by atoms with van der Waals surface area (Å²) in [6, 6.07) is 0.812. The van der Waals surface area contributed by atoms with Crippen molar-refractivity contribution < 1.29 is 0 Å². The molecule has 2 fully saturated rings. The first-order valence-electron chi connectivity index (χ1n) is 5.18. The maximum Gasteiger partial charge on any atom is 0.107 e. The van der Waals surface area contributed by atoms with Crippen LogP contribution in [0.25, 0.3) is 0 Å². The summed E-state index contributed by atoms with van der Waals surface area (Å²) < 4.78 is 1.13. The molecule has 0 aromatic carbocycles. The maximum atomic E-state index is 4.32. The highest BCUT2D eigenvalue weighted by molar-refractivity contribution is 9.11. The fourth-order valence-electron chi connectivity index (χ4n) is 2.70. The number of fused-ring (bicyclic) bond motifs is 1. The smallest absolute Gasteiger partial charge is 0.107 e. The average molecular weight is 273 g/mol. The molecule has 3 rings (SSSR count). The summed E-state index contributed by atoms with van der Waals surface area (Å²) in [6.45, 7) is 0.952. The molecular formula is C10H13BrN2S. The van der Waals surface area contributed by atoms with Gasteiger partial charge in [0.2, 0.25) is 0 Å². The second-order valence-corrected chi connectivity index (χ2v) is 6.72. The quantitative estimate of drug-likeness (QED) is 0.916. The van der Waals surface area contributed by atoms with E-state index in [2.05, 4.69) is 26.2 Å². The highest BCUT2D eigenvalue weighted by Gasteiger charge is 2.51.